The molecule has 1 aliphatic rings. The largest absolute Gasteiger partial charge is 0.453 e. The van der Waals surface area contributed by atoms with Gasteiger partial charge in [-0.2, -0.15) is 0 Å². The molecule has 5 rings (SSSR count). The lowest BCUT2D eigenvalue weighted by molar-refractivity contribution is 0.482. The van der Waals surface area contributed by atoms with Crippen LogP contribution in [0.15, 0.2) is 51.9 Å². The summed E-state index contributed by atoms with van der Waals surface area (Å²) in [4.78, 5) is 24.6. The van der Waals surface area contributed by atoms with E-state index in [1.165, 1.54) is 0 Å². The van der Waals surface area contributed by atoms with Gasteiger partial charge >= 0.3 is 0 Å². The van der Waals surface area contributed by atoms with E-state index in [9.17, 15) is 4.79 Å². The van der Waals surface area contributed by atoms with Crippen LogP contribution in [-0.4, -0.2) is 35.6 Å². The van der Waals surface area contributed by atoms with E-state index in [0.717, 1.165) is 48.6 Å². The lowest BCUT2D eigenvalue weighted by Gasteiger charge is -2.32. The lowest BCUT2D eigenvalue weighted by Crippen LogP contribution is -2.49. The molecule has 8 heteroatoms. The Morgan fingerprint density at radius 3 is 2.78 bits per heavy atom. The second-order valence-corrected chi connectivity index (χ2v) is 8.35. The Hall–Kier alpha value is -2.67. The average Bonchev–Trinajstić information content (AvgIpc) is 2.78. The highest BCUT2D eigenvalue weighted by Gasteiger charge is 2.20. The van der Waals surface area contributed by atoms with E-state index in [2.05, 4.69) is 29.0 Å². The van der Waals surface area contributed by atoms with Crippen LogP contribution in [0.3, 0.4) is 0 Å². The van der Waals surface area contributed by atoms with E-state index in [-0.39, 0.29) is 23.4 Å². The molecule has 1 aromatic carbocycles. The van der Waals surface area contributed by atoms with Gasteiger partial charge in [0.15, 0.2) is 11.1 Å². The van der Waals surface area contributed by atoms with Crippen molar-refractivity contribution in [2.24, 2.45) is 0 Å². The molecular formula is C24H24Cl2N4O2. The van der Waals surface area contributed by atoms with Gasteiger partial charge in [-0.15, -0.1) is 12.4 Å². The predicted molar refractivity (Wildman–Crippen MR) is 132 cm³/mol. The maximum Gasteiger partial charge on any atom is 0.220 e. The number of pyridine rings is 2. The van der Waals surface area contributed by atoms with Gasteiger partial charge in [0.2, 0.25) is 5.43 Å². The van der Waals surface area contributed by atoms with Gasteiger partial charge in [0.1, 0.15) is 11.4 Å². The highest BCUT2D eigenvalue weighted by atomic mass is 35.5. The normalized spacial score (nSPS) is 16.3. The number of hydrogen-bond donors (Lipinski definition) is 1. The molecule has 166 valence electrons. The molecule has 6 nitrogen and oxygen atoms in total. The molecular weight excluding hydrogens is 447 g/mol. The van der Waals surface area contributed by atoms with Crippen LogP contribution >= 0.6 is 24.0 Å². The van der Waals surface area contributed by atoms with Crippen molar-refractivity contribution in [2.45, 2.75) is 26.3 Å². The molecule has 0 aliphatic carbocycles. The summed E-state index contributed by atoms with van der Waals surface area (Å²) in [5.74, 6) is 0.951. The second-order valence-electron chi connectivity index (χ2n) is 7.94. The number of aromatic nitrogens is 2. The zero-order valence-corrected chi connectivity index (χ0v) is 19.5. The number of nitrogens with one attached hydrogen (secondary N) is 1. The van der Waals surface area contributed by atoms with Crippen LogP contribution in [0.4, 0.5) is 5.82 Å². The lowest BCUT2D eigenvalue weighted by atomic mass is 9.99. The number of anilines is 1. The van der Waals surface area contributed by atoms with Crippen LogP contribution < -0.4 is 15.6 Å². The molecule has 3 aromatic heterocycles. The Bertz CT molecular complexity index is 1340. The third-order valence-electron chi connectivity index (χ3n) is 5.85. The summed E-state index contributed by atoms with van der Waals surface area (Å²) in [7, 11) is 0. The van der Waals surface area contributed by atoms with Gasteiger partial charge in [0.05, 0.1) is 10.4 Å². The quantitative estimate of drug-likeness (QED) is 0.432. The third-order valence-corrected chi connectivity index (χ3v) is 6.17. The molecule has 0 saturated carbocycles. The molecule has 0 unspecified atom stereocenters. The van der Waals surface area contributed by atoms with Crippen molar-refractivity contribution >= 4 is 51.9 Å². The van der Waals surface area contributed by atoms with Crippen LogP contribution in [0.2, 0.25) is 5.02 Å². The first-order valence-corrected chi connectivity index (χ1v) is 10.9. The summed E-state index contributed by atoms with van der Waals surface area (Å²) in [5, 5.41) is 4.18. The van der Waals surface area contributed by atoms with Crippen molar-refractivity contribution in [3.8, 4) is 11.1 Å². The molecule has 1 N–H and O–H groups in total. The zero-order chi connectivity index (χ0) is 21.5. The Labute approximate surface area is 197 Å². The van der Waals surface area contributed by atoms with Crippen molar-refractivity contribution in [2.75, 3.05) is 24.5 Å². The van der Waals surface area contributed by atoms with Crippen LogP contribution in [0.25, 0.3) is 33.2 Å². The summed E-state index contributed by atoms with van der Waals surface area (Å²) in [6, 6.07) is 9.74. The fraction of sp³-hybridized carbons (Fsp3) is 0.292. The van der Waals surface area contributed by atoms with Gasteiger partial charge < -0.3 is 14.6 Å². The number of benzene rings is 1. The molecule has 1 fully saturated rings. The minimum atomic E-state index is -0.217. The van der Waals surface area contributed by atoms with Gasteiger partial charge in [0, 0.05) is 49.2 Å². The van der Waals surface area contributed by atoms with E-state index in [4.69, 9.17) is 21.0 Å². The van der Waals surface area contributed by atoms with Crippen molar-refractivity contribution in [3.63, 3.8) is 0 Å². The number of rotatable bonds is 3. The van der Waals surface area contributed by atoms with Gasteiger partial charge in [-0.1, -0.05) is 24.6 Å². The Morgan fingerprint density at radius 1 is 1.22 bits per heavy atom. The number of piperazine rings is 1. The number of hydrogen-bond acceptors (Lipinski definition) is 6. The molecule has 0 radical (unpaired) electrons. The monoisotopic (exact) mass is 470 g/mol. The topological polar surface area (TPSA) is 71.3 Å². The summed E-state index contributed by atoms with van der Waals surface area (Å²) in [6.07, 6.45) is 4.37. The van der Waals surface area contributed by atoms with E-state index in [1.807, 2.05) is 18.3 Å². The van der Waals surface area contributed by atoms with Gasteiger partial charge in [-0.25, -0.2) is 9.97 Å². The average molecular weight is 471 g/mol. The predicted octanol–water partition coefficient (Wildman–Crippen LogP) is 4.84. The Morgan fingerprint density at radius 2 is 2.06 bits per heavy atom. The van der Waals surface area contributed by atoms with Crippen LogP contribution in [-0.2, 0) is 6.42 Å². The minimum Gasteiger partial charge on any atom is -0.453 e. The summed E-state index contributed by atoms with van der Waals surface area (Å²) < 4.78 is 6.20. The van der Waals surface area contributed by atoms with Crippen LogP contribution in [0, 0.1) is 0 Å². The Kier molecular flexibility index (Phi) is 6.38. The molecule has 4 heterocycles. The number of aryl methyl sites for hydroxylation is 1. The van der Waals surface area contributed by atoms with Crippen molar-refractivity contribution in [1.82, 2.24) is 15.3 Å². The molecule has 0 amide bonds. The Balaban J connectivity index is 0.00000245. The standard InChI is InChI=1S/C24H23ClN4O2.ClH/c1-3-15-11-28-22-23(30)21-17(25)5-4-6-18(21)31-24(22)20(15)16-7-8-19(27-12-16)29-10-9-26-14(2)13-29;/h4-8,11-12,14,26H,3,9-10,13H2,1-2H3;1H/t14-;/m0./s1. The van der Waals surface area contributed by atoms with E-state index in [1.54, 1.807) is 24.4 Å². The first-order valence-electron chi connectivity index (χ1n) is 10.5. The van der Waals surface area contributed by atoms with Gasteiger partial charge in [-0.05, 0) is 43.2 Å². The van der Waals surface area contributed by atoms with Crippen molar-refractivity contribution < 1.29 is 4.42 Å². The first kappa shape index (κ1) is 22.5. The molecule has 1 atom stereocenters. The van der Waals surface area contributed by atoms with Crippen LogP contribution in [0.1, 0.15) is 19.4 Å². The smallest absolute Gasteiger partial charge is 0.220 e. The minimum absolute atomic E-state index is 0. The first-order chi connectivity index (χ1) is 15.1. The highest BCUT2D eigenvalue weighted by Crippen LogP contribution is 2.33. The number of halogens is 2. The number of fused-ring (bicyclic) bond motifs is 2. The summed E-state index contributed by atoms with van der Waals surface area (Å²) >= 11 is 6.27. The molecule has 32 heavy (non-hydrogen) atoms. The molecule has 0 spiro atoms. The highest BCUT2D eigenvalue weighted by molar-refractivity contribution is 6.35. The van der Waals surface area contributed by atoms with Gasteiger partial charge in [0.25, 0.3) is 0 Å². The summed E-state index contributed by atoms with van der Waals surface area (Å²) in [6.45, 7) is 7.03. The van der Waals surface area contributed by atoms with Gasteiger partial charge in [-0.3, -0.25) is 4.79 Å². The number of nitrogens with zero attached hydrogens (tertiary/aromatic N) is 3. The summed E-state index contributed by atoms with van der Waals surface area (Å²) in [5.41, 5.74) is 3.77. The third kappa shape index (κ3) is 3.83. The molecule has 4 aromatic rings. The van der Waals surface area contributed by atoms with Crippen molar-refractivity contribution in [3.05, 3.63) is 63.5 Å². The molecule has 1 aliphatic heterocycles. The van der Waals surface area contributed by atoms with Crippen LogP contribution in [0.5, 0.6) is 0 Å². The zero-order valence-electron chi connectivity index (χ0n) is 17.9. The van der Waals surface area contributed by atoms with Crippen molar-refractivity contribution in [1.29, 1.82) is 0 Å². The maximum absolute atomic E-state index is 13.1. The fourth-order valence-electron chi connectivity index (χ4n) is 4.28. The SMILES string of the molecule is CCc1cnc2c(=O)c3c(Cl)cccc3oc2c1-c1ccc(N2CCN[C@@H](C)C2)nc1.Cl. The van der Waals surface area contributed by atoms with E-state index < -0.39 is 0 Å². The molecule has 0 bridgehead atoms. The second kappa shape index (κ2) is 9.06. The maximum atomic E-state index is 13.1. The van der Waals surface area contributed by atoms with E-state index in [0.29, 0.717) is 27.6 Å². The fourth-order valence-corrected chi connectivity index (χ4v) is 4.53. The molecule has 1 saturated heterocycles. The van der Waals surface area contributed by atoms with E-state index >= 15 is 0 Å².